The zero-order chi connectivity index (χ0) is 10.9. The molecule has 0 saturated carbocycles. The van der Waals surface area contributed by atoms with Crippen molar-refractivity contribution in [1.82, 2.24) is 4.98 Å². The molecule has 0 aliphatic carbocycles. The number of nitrogens with one attached hydrogen (secondary N) is 1. The lowest BCUT2D eigenvalue weighted by Crippen LogP contribution is -2.14. The van der Waals surface area contributed by atoms with E-state index in [2.05, 4.69) is 9.71 Å². The third kappa shape index (κ3) is 2.10. The van der Waals surface area contributed by atoms with Crippen molar-refractivity contribution in [1.29, 1.82) is 0 Å². The number of fused-ring (bicyclic) bond motifs is 1. The third-order valence-electron chi connectivity index (χ3n) is 1.98. The minimum absolute atomic E-state index is 0.0455. The van der Waals surface area contributed by atoms with Gasteiger partial charge in [0.1, 0.15) is 5.52 Å². The van der Waals surface area contributed by atoms with Crippen molar-refractivity contribution >= 4 is 26.8 Å². The quantitative estimate of drug-likeness (QED) is 0.862. The Morgan fingerprint density at radius 3 is 3.00 bits per heavy atom. The average molecular weight is 226 g/mol. The predicted molar refractivity (Wildman–Crippen MR) is 57.1 cm³/mol. The highest BCUT2D eigenvalue weighted by atomic mass is 32.2. The maximum Gasteiger partial charge on any atom is 0.232 e. The number of benzene rings is 1. The van der Waals surface area contributed by atoms with E-state index >= 15 is 0 Å². The molecule has 2 rings (SSSR count). The molecule has 0 aliphatic rings. The number of nitrogens with zero attached hydrogens (tertiary/aromatic N) is 1. The molecule has 15 heavy (non-hydrogen) atoms. The Morgan fingerprint density at radius 2 is 2.27 bits per heavy atom. The van der Waals surface area contributed by atoms with Gasteiger partial charge in [-0.1, -0.05) is 0 Å². The van der Waals surface area contributed by atoms with E-state index < -0.39 is 10.0 Å². The van der Waals surface area contributed by atoms with Gasteiger partial charge in [-0.15, -0.1) is 0 Å². The molecule has 0 atom stereocenters. The van der Waals surface area contributed by atoms with Crippen molar-refractivity contribution in [3.8, 4) is 0 Å². The first kappa shape index (κ1) is 9.97. The maximum absolute atomic E-state index is 11.3. The molecule has 0 spiro atoms. The summed E-state index contributed by atoms with van der Waals surface area (Å²) >= 11 is 0. The van der Waals surface area contributed by atoms with Gasteiger partial charge >= 0.3 is 0 Å². The smallest absolute Gasteiger partial charge is 0.232 e. The molecule has 5 nitrogen and oxygen atoms in total. The van der Waals surface area contributed by atoms with Gasteiger partial charge in [-0.25, -0.2) is 13.4 Å². The van der Waals surface area contributed by atoms with Crippen molar-refractivity contribution < 1.29 is 12.8 Å². The highest BCUT2D eigenvalue weighted by Gasteiger charge is 2.07. The summed E-state index contributed by atoms with van der Waals surface area (Å²) < 4.78 is 30.1. The molecule has 0 aliphatic heterocycles. The molecule has 0 unspecified atom stereocenters. The van der Waals surface area contributed by atoms with Gasteiger partial charge in [0.15, 0.2) is 12.0 Å². The summed E-state index contributed by atoms with van der Waals surface area (Å²) in [6.45, 7) is 1.58. The highest BCUT2D eigenvalue weighted by molar-refractivity contribution is 7.92. The Bertz CT molecular complexity index is 574. The van der Waals surface area contributed by atoms with E-state index in [0.29, 0.717) is 16.8 Å². The largest absolute Gasteiger partial charge is 0.443 e. The second-order valence-corrected chi connectivity index (χ2v) is 5.05. The van der Waals surface area contributed by atoms with Crippen LogP contribution in [0.4, 0.5) is 5.69 Å². The first-order valence-electron chi connectivity index (χ1n) is 4.44. The summed E-state index contributed by atoms with van der Waals surface area (Å²) in [5.74, 6) is 0.0455. The zero-order valence-electron chi connectivity index (χ0n) is 8.10. The molecule has 0 bridgehead atoms. The van der Waals surface area contributed by atoms with Crippen LogP contribution in [0.5, 0.6) is 0 Å². The SMILES string of the molecule is CCS(=O)(=O)Nc1ccc2ocnc2c1. The molecular weight excluding hydrogens is 216 g/mol. The van der Waals surface area contributed by atoms with Gasteiger partial charge in [-0.3, -0.25) is 4.72 Å². The van der Waals surface area contributed by atoms with Crippen LogP contribution in [0, 0.1) is 0 Å². The van der Waals surface area contributed by atoms with Gasteiger partial charge in [0.25, 0.3) is 0 Å². The molecule has 6 heteroatoms. The first-order chi connectivity index (χ1) is 7.11. The summed E-state index contributed by atoms with van der Waals surface area (Å²) in [6, 6.07) is 4.95. The van der Waals surface area contributed by atoms with Crippen molar-refractivity contribution in [2.45, 2.75) is 6.92 Å². The average Bonchev–Trinajstić information content (AvgIpc) is 2.64. The normalized spacial score (nSPS) is 11.8. The molecule has 0 saturated heterocycles. The second kappa shape index (κ2) is 3.54. The number of sulfonamides is 1. The Morgan fingerprint density at radius 1 is 1.47 bits per heavy atom. The number of anilines is 1. The van der Waals surface area contributed by atoms with Crippen LogP contribution in [0.25, 0.3) is 11.1 Å². The Balaban J connectivity index is 2.37. The fourth-order valence-corrected chi connectivity index (χ4v) is 1.80. The molecule has 1 aromatic heterocycles. The fourth-order valence-electron chi connectivity index (χ4n) is 1.17. The molecule has 1 heterocycles. The van der Waals surface area contributed by atoms with Crippen molar-refractivity contribution in [2.75, 3.05) is 10.5 Å². The summed E-state index contributed by atoms with van der Waals surface area (Å²) in [4.78, 5) is 3.93. The van der Waals surface area contributed by atoms with Gasteiger partial charge < -0.3 is 4.42 Å². The zero-order valence-corrected chi connectivity index (χ0v) is 8.91. The van der Waals surface area contributed by atoms with Gasteiger partial charge in [0.05, 0.1) is 11.4 Å². The van der Waals surface area contributed by atoms with E-state index in [1.807, 2.05) is 0 Å². The summed E-state index contributed by atoms with van der Waals surface area (Å²) in [6.07, 6.45) is 1.32. The minimum Gasteiger partial charge on any atom is -0.443 e. The van der Waals surface area contributed by atoms with E-state index in [9.17, 15) is 8.42 Å². The Hall–Kier alpha value is -1.56. The minimum atomic E-state index is -3.23. The predicted octanol–water partition coefficient (Wildman–Crippen LogP) is 1.59. The molecule has 1 N–H and O–H groups in total. The number of hydrogen-bond donors (Lipinski definition) is 1. The second-order valence-electron chi connectivity index (χ2n) is 3.04. The van der Waals surface area contributed by atoms with E-state index in [1.165, 1.54) is 6.39 Å². The van der Waals surface area contributed by atoms with E-state index in [0.717, 1.165) is 0 Å². The Labute approximate surface area is 87.2 Å². The van der Waals surface area contributed by atoms with Crippen LogP contribution in [-0.4, -0.2) is 19.2 Å². The van der Waals surface area contributed by atoms with Gasteiger partial charge in [-0.2, -0.15) is 0 Å². The molecule has 2 aromatic rings. The lowest BCUT2D eigenvalue weighted by Gasteiger charge is -2.04. The number of oxazole rings is 1. The van der Waals surface area contributed by atoms with Crippen LogP contribution >= 0.6 is 0 Å². The van der Waals surface area contributed by atoms with Gasteiger partial charge in [0.2, 0.25) is 10.0 Å². The maximum atomic E-state index is 11.3. The highest BCUT2D eigenvalue weighted by Crippen LogP contribution is 2.18. The molecule has 0 fully saturated rings. The van der Waals surface area contributed by atoms with E-state index in [-0.39, 0.29) is 5.75 Å². The lowest BCUT2D eigenvalue weighted by atomic mass is 10.3. The first-order valence-corrected chi connectivity index (χ1v) is 6.10. The topological polar surface area (TPSA) is 72.2 Å². The number of aromatic nitrogens is 1. The van der Waals surface area contributed by atoms with Crippen LogP contribution in [0.1, 0.15) is 6.92 Å². The van der Waals surface area contributed by atoms with Crippen LogP contribution < -0.4 is 4.72 Å². The summed E-state index contributed by atoms with van der Waals surface area (Å²) in [5.41, 5.74) is 1.76. The van der Waals surface area contributed by atoms with Crippen LogP contribution in [0.15, 0.2) is 29.0 Å². The number of rotatable bonds is 3. The van der Waals surface area contributed by atoms with Crippen molar-refractivity contribution in [3.63, 3.8) is 0 Å². The van der Waals surface area contributed by atoms with E-state index in [4.69, 9.17) is 4.42 Å². The molecular formula is C9H10N2O3S. The van der Waals surface area contributed by atoms with Gasteiger partial charge in [0, 0.05) is 0 Å². The van der Waals surface area contributed by atoms with Gasteiger partial charge in [-0.05, 0) is 25.1 Å². The summed E-state index contributed by atoms with van der Waals surface area (Å²) in [5, 5.41) is 0. The van der Waals surface area contributed by atoms with Crippen LogP contribution in [0.3, 0.4) is 0 Å². The molecule has 0 amide bonds. The molecule has 1 aromatic carbocycles. The fraction of sp³-hybridized carbons (Fsp3) is 0.222. The lowest BCUT2D eigenvalue weighted by molar-refractivity contribution is 0.601. The van der Waals surface area contributed by atoms with Crippen molar-refractivity contribution in [3.05, 3.63) is 24.6 Å². The van der Waals surface area contributed by atoms with E-state index in [1.54, 1.807) is 25.1 Å². The molecule has 80 valence electrons. The van der Waals surface area contributed by atoms with Crippen molar-refractivity contribution in [2.24, 2.45) is 0 Å². The summed E-state index contributed by atoms with van der Waals surface area (Å²) in [7, 11) is -3.23. The molecule has 0 radical (unpaired) electrons. The van der Waals surface area contributed by atoms with Crippen LogP contribution in [0.2, 0.25) is 0 Å². The third-order valence-corrected chi connectivity index (χ3v) is 3.29. The standard InChI is InChI=1S/C9H10N2O3S/c1-2-15(12,13)11-7-3-4-9-8(5-7)10-6-14-9/h3-6,11H,2H2,1H3. The number of hydrogen-bond acceptors (Lipinski definition) is 4. The van der Waals surface area contributed by atoms with Crippen LogP contribution in [-0.2, 0) is 10.0 Å². The Kier molecular flexibility index (Phi) is 2.36. The monoisotopic (exact) mass is 226 g/mol.